The lowest BCUT2D eigenvalue weighted by Crippen LogP contribution is -1.96. The van der Waals surface area contributed by atoms with Crippen LogP contribution in [0, 0.1) is 6.92 Å². The average Bonchev–Trinajstić information content (AvgIpc) is 2.80. The summed E-state index contributed by atoms with van der Waals surface area (Å²) < 4.78 is 7.67. The number of pyridine rings is 1. The molecular formula is C15H13ClN2O. The Bertz CT molecular complexity index is 688. The van der Waals surface area contributed by atoms with E-state index in [1.807, 2.05) is 60.1 Å². The molecule has 2 heterocycles. The maximum atomic E-state index is 6.12. The van der Waals surface area contributed by atoms with E-state index in [1.165, 1.54) is 0 Å². The van der Waals surface area contributed by atoms with Gasteiger partial charge in [0, 0.05) is 12.4 Å². The molecule has 0 N–H and O–H groups in total. The van der Waals surface area contributed by atoms with Crippen molar-refractivity contribution in [3.63, 3.8) is 0 Å². The summed E-state index contributed by atoms with van der Waals surface area (Å²) in [6.45, 7) is 2.40. The number of rotatable bonds is 3. The molecule has 2 aromatic heterocycles. The number of imidazole rings is 1. The summed E-state index contributed by atoms with van der Waals surface area (Å²) in [5, 5.41) is 0.628. The number of nitrogens with zero attached hydrogens (tertiary/aromatic N) is 2. The molecule has 0 atom stereocenters. The van der Waals surface area contributed by atoms with Gasteiger partial charge in [0.05, 0.1) is 10.7 Å². The van der Waals surface area contributed by atoms with Crippen molar-refractivity contribution in [1.82, 2.24) is 9.38 Å². The van der Waals surface area contributed by atoms with E-state index in [9.17, 15) is 0 Å². The third kappa shape index (κ3) is 2.56. The molecule has 0 radical (unpaired) electrons. The molecule has 3 nitrogen and oxygen atoms in total. The van der Waals surface area contributed by atoms with Crippen LogP contribution in [0.3, 0.4) is 0 Å². The number of halogens is 1. The summed E-state index contributed by atoms with van der Waals surface area (Å²) in [5.41, 5.74) is 2.91. The standard InChI is InChI=1S/C15H13ClN2O/c1-11-5-6-14(13(16)8-11)19-10-12-9-18-7-3-2-4-15(18)17-12/h2-9H,10H2,1H3. The van der Waals surface area contributed by atoms with Crippen LogP contribution in [0.5, 0.6) is 5.75 Å². The van der Waals surface area contributed by atoms with Gasteiger partial charge in [-0.3, -0.25) is 0 Å². The van der Waals surface area contributed by atoms with E-state index in [-0.39, 0.29) is 0 Å². The molecule has 0 bridgehead atoms. The fourth-order valence-corrected chi connectivity index (χ4v) is 2.22. The quantitative estimate of drug-likeness (QED) is 0.723. The second-order valence-corrected chi connectivity index (χ2v) is 4.83. The van der Waals surface area contributed by atoms with Gasteiger partial charge in [0.25, 0.3) is 0 Å². The van der Waals surface area contributed by atoms with Gasteiger partial charge in [0.1, 0.15) is 18.0 Å². The van der Waals surface area contributed by atoms with Crippen molar-refractivity contribution in [3.05, 3.63) is 65.1 Å². The van der Waals surface area contributed by atoms with Gasteiger partial charge in [-0.1, -0.05) is 23.7 Å². The highest BCUT2D eigenvalue weighted by Gasteiger charge is 2.05. The molecular weight excluding hydrogens is 260 g/mol. The first-order valence-electron chi connectivity index (χ1n) is 6.04. The Morgan fingerprint density at radius 3 is 2.95 bits per heavy atom. The van der Waals surface area contributed by atoms with Crippen molar-refractivity contribution in [1.29, 1.82) is 0 Å². The molecule has 4 heteroatoms. The Hall–Kier alpha value is -2.00. The van der Waals surface area contributed by atoms with Crippen LogP contribution >= 0.6 is 11.6 Å². The number of ether oxygens (including phenoxy) is 1. The molecule has 0 aliphatic heterocycles. The SMILES string of the molecule is Cc1ccc(OCc2cn3ccccc3n2)c(Cl)c1. The molecule has 0 amide bonds. The molecule has 0 spiro atoms. The maximum absolute atomic E-state index is 6.12. The van der Waals surface area contributed by atoms with Gasteiger partial charge >= 0.3 is 0 Å². The summed E-state index contributed by atoms with van der Waals surface area (Å²) >= 11 is 6.12. The minimum absolute atomic E-state index is 0.407. The topological polar surface area (TPSA) is 26.5 Å². The molecule has 3 aromatic rings. The normalized spacial score (nSPS) is 10.8. The third-order valence-corrected chi connectivity index (χ3v) is 3.17. The van der Waals surface area contributed by atoms with Gasteiger partial charge in [-0.15, -0.1) is 0 Å². The zero-order chi connectivity index (χ0) is 13.2. The Kier molecular flexibility index (Phi) is 3.13. The van der Waals surface area contributed by atoms with Crippen LogP contribution in [-0.4, -0.2) is 9.38 Å². The fourth-order valence-electron chi connectivity index (χ4n) is 1.93. The summed E-state index contributed by atoms with van der Waals surface area (Å²) in [7, 11) is 0. The molecule has 3 rings (SSSR count). The summed E-state index contributed by atoms with van der Waals surface area (Å²) in [5.74, 6) is 0.685. The van der Waals surface area contributed by atoms with Gasteiger partial charge in [-0.25, -0.2) is 4.98 Å². The number of aryl methyl sites for hydroxylation is 1. The number of fused-ring (bicyclic) bond motifs is 1. The van der Waals surface area contributed by atoms with Crippen LogP contribution in [0.2, 0.25) is 5.02 Å². The lowest BCUT2D eigenvalue weighted by Gasteiger charge is -2.06. The largest absolute Gasteiger partial charge is 0.486 e. The molecule has 19 heavy (non-hydrogen) atoms. The van der Waals surface area contributed by atoms with E-state index in [1.54, 1.807) is 0 Å². The van der Waals surface area contributed by atoms with Crippen LogP contribution in [0.1, 0.15) is 11.3 Å². The van der Waals surface area contributed by atoms with Crippen molar-refractivity contribution >= 4 is 17.2 Å². The Morgan fingerprint density at radius 2 is 2.16 bits per heavy atom. The third-order valence-electron chi connectivity index (χ3n) is 2.88. The first-order chi connectivity index (χ1) is 9.22. The lowest BCUT2D eigenvalue weighted by atomic mass is 10.2. The van der Waals surface area contributed by atoms with Gasteiger partial charge in [-0.2, -0.15) is 0 Å². The van der Waals surface area contributed by atoms with Gasteiger partial charge < -0.3 is 9.14 Å². The number of hydrogen-bond acceptors (Lipinski definition) is 2. The monoisotopic (exact) mass is 272 g/mol. The first-order valence-corrected chi connectivity index (χ1v) is 6.42. The van der Waals surface area contributed by atoms with Crippen molar-refractivity contribution < 1.29 is 4.74 Å². The van der Waals surface area contributed by atoms with Crippen LogP contribution in [0.25, 0.3) is 5.65 Å². The molecule has 0 fully saturated rings. The van der Waals surface area contributed by atoms with Crippen LogP contribution in [0.15, 0.2) is 48.8 Å². The van der Waals surface area contributed by atoms with E-state index in [4.69, 9.17) is 16.3 Å². The zero-order valence-electron chi connectivity index (χ0n) is 10.5. The Balaban J connectivity index is 1.78. The summed E-state index contributed by atoms with van der Waals surface area (Å²) in [6.07, 6.45) is 3.92. The number of hydrogen-bond donors (Lipinski definition) is 0. The van der Waals surface area contributed by atoms with Crippen molar-refractivity contribution in [3.8, 4) is 5.75 Å². The zero-order valence-corrected chi connectivity index (χ0v) is 11.3. The predicted octanol–water partition coefficient (Wildman–Crippen LogP) is 3.88. The Morgan fingerprint density at radius 1 is 1.26 bits per heavy atom. The van der Waals surface area contributed by atoms with E-state index < -0.39 is 0 Å². The van der Waals surface area contributed by atoms with Gasteiger partial charge in [0.2, 0.25) is 0 Å². The van der Waals surface area contributed by atoms with Crippen molar-refractivity contribution in [2.45, 2.75) is 13.5 Å². The van der Waals surface area contributed by atoms with Crippen LogP contribution < -0.4 is 4.74 Å². The maximum Gasteiger partial charge on any atom is 0.138 e. The average molecular weight is 273 g/mol. The molecule has 0 saturated carbocycles. The van der Waals surface area contributed by atoms with Crippen LogP contribution in [-0.2, 0) is 6.61 Å². The smallest absolute Gasteiger partial charge is 0.138 e. The second kappa shape index (κ2) is 4.94. The molecule has 96 valence electrons. The highest BCUT2D eigenvalue weighted by molar-refractivity contribution is 6.32. The first kappa shape index (κ1) is 12.1. The van der Waals surface area contributed by atoms with Gasteiger partial charge in [0.15, 0.2) is 0 Å². The Labute approximate surface area is 116 Å². The molecule has 0 aliphatic rings. The second-order valence-electron chi connectivity index (χ2n) is 4.42. The molecule has 0 aliphatic carbocycles. The lowest BCUT2D eigenvalue weighted by molar-refractivity contribution is 0.302. The molecule has 0 saturated heterocycles. The molecule has 0 unspecified atom stereocenters. The van der Waals surface area contributed by atoms with E-state index in [2.05, 4.69) is 4.98 Å². The predicted molar refractivity (Wildman–Crippen MR) is 75.7 cm³/mol. The summed E-state index contributed by atoms with van der Waals surface area (Å²) in [6, 6.07) is 11.6. The number of aromatic nitrogens is 2. The van der Waals surface area contributed by atoms with E-state index in [0.717, 1.165) is 16.9 Å². The van der Waals surface area contributed by atoms with Crippen molar-refractivity contribution in [2.75, 3.05) is 0 Å². The highest BCUT2D eigenvalue weighted by atomic mass is 35.5. The molecule has 1 aromatic carbocycles. The number of benzene rings is 1. The van der Waals surface area contributed by atoms with Crippen molar-refractivity contribution in [2.24, 2.45) is 0 Å². The fraction of sp³-hybridized carbons (Fsp3) is 0.133. The van der Waals surface area contributed by atoms with Gasteiger partial charge in [-0.05, 0) is 36.8 Å². The minimum Gasteiger partial charge on any atom is -0.486 e. The summed E-state index contributed by atoms with van der Waals surface area (Å²) in [4.78, 5) is 4.47. The highest BCUT2D eigenvalue weighted by Crippen LogP contribution is 2.25. The van der Waals surface area contributed by atoms with E-state index >= 15 is 0 Å². The minimum atomic E-state index is 0.407. The van der Waals surface area contributed by atoms with Crippen LogP contribution in [0.4, 0.5) is 0 Å². The van der Waals surface area contributed by atoms with E-state index in [0.29, 0.717) is 17.4 Å².